The second-order valence-electron chi connectivity index (χ2n) is 4.48. The fourth-order valence-electron chi connectivity index (χ4n) is 1.79. The molecule has 3 aromatic rings. The summed E-state index contributed by atoms with van der Waals surface area (Å²) >= 11 is 1.71. The molecule has 3 rings (SSSR count). The molecule has 2 aromatic carbocycles. The minimum absolute atomic E-state index is 0.574. The topological polar surface area (TPSA) is 38.9 Å². The molecule has 20 heavy (non-hydrogen) atoms. The van der Waals surface area contributed by atoms with E-state index < -0.39 is 0 Å². The van der Waals surface area contributed by atoms with Gasteiger partial charge in [0.05, 0.1) is 5.75 Å². The Morgan fingerprint density at radius 3 is 2.50 bits per heavy atom. The highest BCUT2D eigenvalue weighted by Gasteiger charge is 2.08. The lowest BCUT2D eigenvalue weighted by Crippen LogP contribution is -1.84. The van der Waals surface area contributed by atoms with Crippen molar-refractivity contribution in [2.45, 2.75) is 17.6 Å². The van der Waals surface area contributed by atoms with Gasteiger partial charge in [-0.05, 0) is 31.2 Å². The third-order valence-corrected chi connectivity index (χ3v) is 3.89. The summed E-state index contributed by atoms with van der Waals surface area (Å²) in [4.78, 5) is 5.62. The van der Waals surface area contributed by atoms with Crippen molar-refractivity contribution in [3.05, 3.63) is 66.0 Å². The Balaban J connectivity index is 1.67. The monoisotopic (exact) mass is 282 g/mol. The van der Waals surface area contributed by atoms with Crippen LogP contribution in [0.5, 0.6) is 0 Å². The first-order chi connectivity index (χ1) is 9.81. The summed E-state index contributed by atoms with van der Waals surface area (Å²) in [5.74, 6) is 2.00. The van der Waals surface area contributed by atoms with Crippen LogP contribution in [0.3, 0.4) is 0 Å². The first-order valence-corrected chi connectivity index (χ1v) is 7.37. The van der Waals surface area contributed by atoms with Crippen LogP contribution in [0.15, 0.2) is 64.0 Å². The molecule has 4 heteroatoms. The molecule has 100 valence electrons. The van der Waals surface area contributed by atoms with E-state index in [1.165, 1.54) is 10.5 Å². The molecule has 0 aliphatic carbocycles. The van der Waals surface area contributed by atoms with Gasteiger partial charge in [-0.2, -0.15) is 4.98 Å². The lowest BCUT2D eigenvalue weighted by molar-refractivity contribution is 0.425. The molecule has 0 aliphatic heterocycles. The predicted molar refractivity (Wildman–Crippen MR) is 80.5 cm³/mol. The van der Waals surface area contributed by atoms with Gasteiger partial charge in [-0.15, -0.1) is 11.8 Å². The molecular formula is C16H14N2OS. The smallest absolute Gasteiger partial charge is 0.257 e. The summed E-state index contributed by atoms with van der Waals surface area (Å²) in [7, 11) is 0. The predicted octanol–water partition coefficient (Wildman–Crippen LogP) is 4.34. The van der Waals surface area contributed by atoms with Crippen molar-refractivity contribution < 1.29 is 4.52 Å². The molecule has 0 bridgehead atoms. The van der Waals surface area contributed by atoms with Crippen LogP contribution in [0.4, 0.5) is 0 Å². The van der Waals surface area contributed by atoms with Gasteiger partial charge >= 0.3 is 0 Å². The van der Waals surface area contributed by atoms with Crippen molar-refractivity contribution in [1.82, 2.24) is 10.1 Å². The molecule has 0 saturated carbocycles. The number of hydrogen-bond donors (Lipinski definition) is 0. The summed E-state index contributed by atoms with van der Waals surface area (Å²) in [6, 6.07) is 18.2. The first-order valence-electron chi connectivity index (χ1n) is 6.39. The highest BCUT2D eigenvalue weighted by atomic mass is 32.2. The minimum atomic E-state index is 0.574. The van der Waals surface area contributed by atoms with Crippen LogP contribution in [0, 0.1) is 6.92 Å². The first kappa shape index (κ1) is 12.9. The van der Waals surface area contributed by atoms with Gasteiger partial charge in [0.1, 0.15) is 0 Å². The van der Waals surface area contributed by atoms with Crippen molar-refractivity contribution in [2.24, 2.45) is 0 Å². The maximum Gasteiger partial charge on any atom is 0.257 e. The zero-order chi connectivity index (χ0) is 13.8. The fourth-order valence-corrected chi connectivity index (χ4v) is 2.53. The molecule has 0 fully saturated rings. The number of thioether (sulfide) groups is 1. The standard InChI is InChI=1S/C16H14N2OS/c1-12-7-9-14(10-8-12)20-11-15-17-16(19-18-15)13-5-3-2-4-6-13/h2-10H,11H2,1H3. The van der Waals surface area contributed by atoms with E-state index in [1.54, 1.807) is 11.8 Å². The molecule has 0 radical (unpaired) electrons. The van der Waals surface area contributed by atoms with Crippen molar-refractivity contribution in [3.63, 3.8) is 0 Å². The summed E-state index contributed by atoms with van der Waals surface area (Å²) in [5.41, 5.74) is 2.21. The molecule has 0 saturated heterocycles. The minimum Gasteiger partial charge on any atom is -0.334 e. The normalized spacial score (nSPS) is 10.7. The Morgan fingerprint density at radius 2 is 1.75 bits per heavy atom. The Kier molecular flexibility index (Phi) is 3.83. The number of hydrogen-bond acceptors (Lipinski definition) is 4. The van der Waals surface area contributed by atoms with Crippen molar-refractivity contribution >= 4 is 11.8 Å². The molecule has 0 spiro atoms. The largest absolute Gasteiger partial charge is 0.334 e. The summed E-state index contributed by atoms with van der Waals surface area (Å²) < 4.78 is 5.28. The van der Waals surface area contributed by atoms with Gasteiger partial charge in [-0.25, -0.2) is 0 Å². The summed E-state index contributed by atoms with van der Waals surface area (Å²) in [6.07, 6.45) is 0. The molecule has 1 aromatic heterocycles. The SMILES string of the molecule is Cc1ccc(SCc2noc(-c3ccccc3)n2)cc1. The Labute approximate surface area is 122 Å². The maximum absolute atomic E-state index is 5.28. The van der Waals surface area contributed by atoms with Gasteiger partial charge in [-0.3, -0.25) is 0 Å². The highest BCUT2D eigenvalue weighted by Crippen LogP contribution is 2.23. The molecule has 0 unspecified atom stereocenters. The Hall–Kier alpha value is -2.07. The number of aryl methyl sites for hydroxylation is 1. The second-order valence-corrected chi connectivity index (χ2v) is 5.53. The molecule has 1 heterocycles. The molecule has 0 amide bonds. The van der Waals surface area contributed by atoms with Crippen molar-refractivity contribution in [1.29, 1.82) is 0 Å². The molecule has 3 nitrogen and oxygen atoms in total. The second kappa shape index (κ2) is 5.92. The van der Waals surface area contributed by atoms with E-state index >= 15 is 0 Å². The highest BCUT2D eigenvalue weighted by molar-refractivity contribution is 7.98. The number of rotatable bonds is 4. The van der Waals surface area contributed by atoms with Crippen LogP contribution >= 0.6 is 11.8 Å². The van der Waals surface area contributed by atoms with Crippen LogP contribution in [0.2, 0.25) is 0 Å². The van der Waals surface area contributed by atoms with Crippen molar-refractivity contribution in [3.8, 4) is 11.5 Å². The Morgan fingerprint density at radius 1 is 1.00 bits per heavy atom. The number of benzene rings is 2. The average molecular weight is 282 g/mol. The van der Waals surface area contributed by atoms with Crippen LogP contribution < -0.4 is 0 Å². The lowest BCUT2D eigenvalue weighted by atomic mass is 10.2. The van der Waals surface area contributed by atoms with Crippen LogP contribution in [0.1, 0.15) is 11.4 Å². The zero-order valence-corrected chi connectivity index (χ0v) is 11.9. The lowest BCUT2D eigenvalue weighted by Gasteiger charge is -1.98. The third-order valence-electron chi connectivity index (χ3n) is 2.88. The van der Waals surface area contributed by atoms with Gasteiger partial charge in [0.15, 0.2) is 5.82 Å². The third kappa shape index (κ3) is 3.08. The average Bonchev–Trinajstić information content (AvgIpc) is 2.97. The van der Waals surface area contributed by atoms with E-state index in [0.717, 1.165) is 11.4 Å². The van der Waals surface area contributed by atoms with E-state index in [9.17, 15) is 0 Å². The van der Waals surface area contributed by atoms with Crippen molar-refractivity contribution in [2.75, 3.05) is 0 Å². The van der Waals surface area contributed by atoms with E-state index in [2.05, 4.69) is 41.3 Å². The van der Waals surface area contributed by atoms with Crippen LogP contribution in [-0.2, 0) is 5.75 Å². The zero-order valence-electron chi connectivity index (χ0n) is 11.1. The molecule has 0 atom stereocenters. The van der Waals surface area contributed by atoms with Gasteiger partial charge < -0.3 is 4.52 Å². The van der Waals surface area contributed by atoms with Gasteiger partial charge in [0, 0.05) is 10.5 Å². The quantitative estimate of drug-likeness (QED) is 0.667. The Bertz CT molecular complexity index is 677. The maximum atomic E-state index is 5.28. The summed E-state index contributed by atoms with van der Waals surface area (Å²) in [5, 5.41) is 4.02. The molecule has 0 aliphatic rings. The van der Waals surface area contributed by atoms with E-state index in [-0.39, 0.29) is 0 Å². The van der Waals surface area contributed by atoms with Crippen LogP contribution in [0.25, 0.3) is 11.5 Å². The van der Waals surface area contributed by atoms with Gasteiger partial charge in [-0.1, -0.05) is 41.1 Å². The fraction of sp³-hybridized carbons (Fsp3) is 0.125. The van der Waals surface area contributed by atoms with Gasteiger partial charge in [0.2, 0.25) is 0 Å². The van der Waals surface area contributed by atoms with Crippen LogP contribution in [-0.4, -0.2) is 10.1 Å². The summed E-state index contributed by atoms with van der Waals surface area (Å²) in [6.45, 7) is 2.08. The molecule has 0 N–H and O–H groups in total. The van der Waals surface area contributed by atoms with E-state index in [1.807, 2.05) is 30.3 Å². The molecular weight excluding hydrogens is 268 g/mol. The number of aromatic nitrogens is 2. The van der Waals surface area contributed by atoms with E-state index in [4.69, 9.17) is 4.52 Å². The van der Waals surface area contributed by atoms with E-state index in [0.29, 0.717) is 11.6 Å². The number of nitrogens with zero attached hydrogens (tertiary/aromatic N) is 2. The van der Waals surface area contributed by atoms with Gasteiger partial charge in [0.25, 0.3) is 5.89 Å².